The lowest BCUT2D eigenvalue weighted by atomic mass is 10.1. The minimum absolute atomic E-state index is 0.119. The first kappa shape index (κ1) is 20.9. The van der Waals surface area contributed by atoms with Crippen molar-refractivity contribution in [3.8, 4) is 0 Å². The molecule has 6 nitrogen and oxygen atoms in total. The predicted octanol–water partition coefficient (Wildman–Crippen LogP) is 2.41. The van der Waals surface area contributed by atoms with Crippen LogP contribution in [0.25, 0.3) is 0 Å². The van der Waals surface area contributed by atoms with Gasteiger partial charge in [0.25, 0.3) is 0 Å². The second-order valence-electron chi connectivity index (χ2n) is 7.10. The third-order valence-electron chi connectivity index (χ3n) is 5.08. The topological polar surface area (TPSA) is 73.8 Å². The molecule has 1 aliphatic heterocycles. The number of hydrogen-bond acceptors (Lipinski definition) is 3. The molecule has 2 unspecified atom stereocenters. The van der Waals surface area contributed by atoms with Gasteiger partial charge in [0.2, 0.25) is 0 Å². The Balaban J connectivity index is 1.52. The van der Waals surface area contributed by atoms with E-state index < -0.39 is 15.5 Å². The zero-order valence-corrected chi connectivity index (χ0v) is 16.4. The van der Waals surface area contributed by atoms with Gasteiger partial charge < -0.3 is 10.6 Å². The molecule has 0 spiro atoms. The minimum atomic E-state index is -5.25. The summed E-state index contributed by atoms with van der Waals surface area (Å²) in [6.45, 7) is 2.16. The van der Waals surface area contributed by atoms with Crippen LogP contribution in [0.1, 0.15) is 37.7 Å². The number of benzene rings is 1. The number of sulfonamides is 1. The van der Waals surface area contributed by atoms with E-state index in [4.69, 9.17) is 0 Å². The van der Waals surface area contributed by atoms with Gasteiger partial charge in [-0.15, -0.1) is 0 Å². The Hall–Kier alpha value is -1.81. The molecule has 2 N–H and O–H groups in total. The summed E-state index contributed by atoms with van der Waals surface area (Å²) < 4.78 is 61.6. The second kappa shape index (κ2) is 8.28. The van der Waals surface area contributed by atoms with Gasteiger partial charge in [-0.1, -0.05) is 30.3 Å². The van der Waals surface area contributed by atoms with Gasteiger partial charge in [-0.3, -0.25) is 4.99 Å². The molecule has 1 saturated carbocycles. The molecule has 1 aromatic rings. The number of nitrogens with one attached hydrogen (secondary N) is 2. The first-order valence-corrected chi connectivity index (χ1v) is 10.8. The highest BCUT2D eigenvalue weighted by atomic mass is 32.2. The number of halogens is 3. The van der Waals surface area contributed by atoms with Crippen molar-refractivity contribution >= 4 is 16.0 Å². The van der Waals surface area contributed by atoms with Crippen molar-refractivity contribution in [3.05, 3.63) is 35.9 Å². The Labute approximate surface area is 163 Å². The maximum absolute atomic E-state index is 12.7. The first-order chi connectivity index (χ1) is 13.2. The monoisotopic (exact) mass is 418 g/mol. The van der Waals surface area contributed by atoms with Gasteiger partial charge in [-0.25, -0.2) is 8.42 Å². The molecule has 0 radical (unpaired) electrons. The molecule has 2 aliphatic rings. The van der Waals surface area contributed by atoms with Gasteiger partial charge >= 0.3 is 15.5 Å². The van der Waals surface area contributed by atoms with E-state index in [1.54, 1.807) is 0 Å². The van der Waals surface area contributed by atoms with Crippen LogP contribution in [0.2, 0.25) is 0 Å². The summed E-state index contributed by atoms with van der Waals surface area (Å²) in [6, 6.07) is 10.3. The summed E-state index contributed by atoms with van der Waals surface area (Å²) in [5.41, 5.74) is -3.98. The predicted molar refractivity (Wildman–Crippen MR) is 101 cm³/mol. The minimum Gasteiger partial charge on any atom is -0.354 e. The molecular formula is C18H25F3N4O2S. The van der Waals surface area contributed by atoms with Crippen LogP contribution >= 0.6 is 0 Å². The van der Waals surface area contributed by atoms with Gasteiger partial charge in [-0.2, -0.15) is 17.5 Å². The van der Waals surface area contributed by atoms with Crippen LogP contribution in [0.5, 0.6) is 0 Å². The number of guanidine groups is 1. The Morgan fingerprint density at radius 3 is 2.39 bits per heavy atom. The number of aliphatic imine (C=N–C) groups is 1. The Kier molecular flexibility index (Phi) is 6.18. The third-order valence-corrected chi connectivity index (χ3v) is 6.71. The number of nitrogens with zero attached hydrogens (tertiary/aromatic N) is 2. The van der Waals surface area contributed by atoms with Crippen LogP contribution in [0, 0.1) is 0 Å². The molecule has 0 aromatic heterocycles. The van der Waals surface area contributed by atoms with Crippen molar-refractivity contribution in [1.29, 1.82) is 0 Å². The van der Waals surface area contributed by atoms with E-state index >= 15 is 0 Å². The summed E-state index contributed by atoms with van der Waals surface area (Å²) >= 11 is 0. The molecule has 0 amide bonds. The summed E-state index contributed by atoms with van der Waals surface area (Å²) in [4.78, 5) is 4.42. The second-order valence-corrected chi connectivity index (χ2v) is 9.02. The van der Waals surface area contributed by atoms with Crippen molar-refractivity contribution in [2.75, 3.05) is 19.6 Å². The summed E-state index contributed by atoms with van der Waals surface area (Å²) in [7, 11) is -5.25. The number of alkyl halides is 3. The van der Waals surface area contributed by atoms with E-state index in [0.29, 0.717) is 35.6 Å². The Bertz CT molecular complexity index is 791. The van der Waals surface area contributed by atoms with Gasteiger partial charge in [0.1, 0.15) is 0 Å². The molecule has 10 heteroatoms. The molecule has 1 heterocycles. The summed E-state index contributed by atoms with van der Waals surface area (Å²) in [5.74, 6) is 1.05. The van der Waals surface area contributed by atoms with Crippen LogP contribution in [-0.2, 0) is 10.0 Å². The van der Waals surface area contributed by atoms with E-state index in [-0.39, 0.29) is 25.2 Å². The molecule has 0 bridgehead atoms. The fourth-order valence-electron chi connectivity index (χ4n) is 3.47. The fraction of sp³-hybridized carbons (Fsp3) is 0.611. The van der Waals surface area contributed by atoms with Crippen molar-refractivity contribution < 1.29 is 21.6 Å². The average molecular weight is 418 g/mol. The molecular weight excluding hydrogens is 393 g/mol. The quantitative estimate of drug-likeness (QED) is 0.569. The fourth-order valence-corrected chi connectivity index (χ4v) is 4.45. The van der Waals surface area contributed by atoms with E-state index in [0.717, 1.165) is 6.42 Å². The van der Waals surface area contributed by atoms with Crippen LogP contribution < -0.4 is 10.6 Å². The average Bonchev–Trinajstić information content (AvgIpc) is 3.41. The lowest BCUT2D eigenvalue weighted by molar-refractivity contribution is -0.0494. The molecule has 1 aliphatic carbocycles. The maximum Gasteiger partial charge on any atom is 0.511 e. The summed E-state index contributed by atoms with van der Waals surface area (Å²) in [5, 5.41) is 6.63. The largest absolute Gasteiger partial charge is 0.511 e. The lowest BCUT2D eigenvalue weighted by Gasteiger charge is -2.32. The zero-order chi connectivity index (χ0) is 20.4. The number of rotatable bonds is 5. The molecule has 2 fully saturated rings. The van der Waals surface area contributed by atoms with Crippen LogP contribution in [0.15, 0.2) is 35.3 Å². The van der Waals surface area contributed by atoms with E-state index in [9.17, 15) is 21.6 Å². The Morgan fingerprint density at radius 1 is 1.18 bits per heavy atom. The maximum atomic E-state index is 12.7. The van der Waals surface area contributed by atoms with Crippen molar-refractivity contribution in [1.82, 2.24) is 14.9 Å². The molecule has 1 aromatic carbocycles. The molecule has 3 rings (SSSR count). The smallest absolute Gasteiger partial charge is 0.354 e. The van der Waals surface area contributed by atoms with Gasteiger partial charge in [-0.05, 0) is 31.7 Å². The highest BCUT2D eigenvalue weighted by Gasteiger charge is 2.50. The van der Waals surface area contributed by atoms with Gasteiger partial charge in [0.05, 0.1) is 0 Å². The zero-order valence-electron chi connectivity index (χ0n) is 15.6. The molecule has 1 saturated heterocycles. The lowest BCUT2D eigenvalue weighted by Crippen LogP contribution is -2.52. The van der Waals surface area contributed by atoms with Crippen molar-refractivity contribution in [2.45, 2.75) is 49.7 Å². The van der Waals surface area contributed by atoms with Gasteiger partial charge in [0, 0.05) is 37.6 Å². The van der Waals surface area contributed by atoms with Crippen LogP contribution in [0.4, 0.5) is 13.2 Å². The molecule has 156 valence electrons. The van der Waals surface area contributed by atoms with E-state index in [2.05, 4.69) is 27.8 Å². The van der Waals surface area contributed by atoms with Crippen molar-refractivity contribution in [3.63, 3.8) is 0 Å². The van der Waals surface area contributed by atoms with Crippen LogP contribution in [-0.4, -0.2) is 55.9 Å². The highest BCUT2D eigenvalue weighted by molar-refractivity contribution is 7.90. The molecule has 2 atom stereocenters. The number of piperidine rings is 1. The SMILES string of the molecule is CCN=C(NC1CCN(S(=O)(=O)C(F)(F)F)CC1)NC1CC1c1ccccc1. The van der Waals surface area contributed by atoms with Gasteiger partial charge in [0.15, 0.2) is 5.96 Å². The van der Waals surface area contributed by atoms with Crippen LogP contribution in [0.3, 0.4) is 0 Å². The molecule has 28 heavy (non-hydrogen) atoms. The third kappa shape index (κ3) is 4.78. The van der Waals surface area contributed by atoms with E-state index in [1.807, 2.05) is 25.1 Å². The van der Waals surface area contributed by atoms with E-state index in [1.165, 1.54) is 5.56 Å². The van der Waals surface area contributed by atoms with Crippen molar-refractivity contribution in [2.24, 2.45) is 4.99 Å². The summed E-state index contributed by atoms with van der Waals surface area (Å²) in [6.07, 6.45) is 1.59. The standard InChI is InChI=1S/C18H25F3N4O2S/c1-2-22-17(24-16-12-15(16)13-6-4-3-5-7-13)23-14-8-10-25(11-9-14)28(26,27)18(19,20)21/h3-7,14-16H,2,8-12H2,1H3,(H2,22,23,24). The Morgan fingerprint density at radius 2 is 1.82 bits per heavy atom. The highest BCUT2D eigenvalue weighted by Crippen LogP contribution is 2.40. The normalized spacial score (nSPS) is 24.8. The number of hydrogen-bond donors (Lipinski definition) is 2. The first-order valence-electron chi connectivity index (χ1n) is 9.41.